The summed E-state index contributed by atoms with van der Waals surface area (Å²) in [5, 5.41) is 2.52. The minimum absolute atomic E-state index is 0.0856. The summed E-state index contributed by atoms with van der Waals surface area (Å²) >= 11 is 0. The zero-order valence-corrected chi connectivity index (χ0v) is 9.36. The third-order valence-corrected chi connectivity index (χ3v) is 2.94. The molecule has 2 aromatic carbocycles. The van der Waals surface area contributed by atoms with Crippen LogP contribution >= 0.6 is 0 Å². The van der Waals surface area contributed by atoms with E-state index in [0.717, 1.165) is 22.0 Å². The van der Waals surface area contributed by atoms with Gasteiger partial charge in [-0.3, -0.25) is 4.79 Å². The number of rotatable bonds is 1. The Labute approximate surface area is 97.7 Å². The Hall–Kier alpha value is -2.29. The molecule has 0 saturated heterocycles. The maximum absolute atomic E-state index is 11.9. The van der Waals surface area contributed by atoms with Crippen molar-refractivity contribution < 1.29 is 4.74 Å². The normalized spacial score (nSPS) is 10.9. The number of aromatic amines is 1. The molecule has 3 heteroatoms. The highest BCUT2D eigenvalue weighted by atomic mass is 16.5. The molecule has 1 N–H and O–H groups in total. The molecule has 0 unspecified atom stereocenters. The standard InChI is InChI=1S/C14H11NO2/c1-17-12-8-4-6-10-13(12)9-5-2-3-7-11(9)15-14(10)16/h2-8H,1H3,(H,15,16). The molecule has 0 spiro atoms. The van der Waals surface area contributed by atoms with E-state index in [1.54, 1.807) is 7.11 Å². The van der Waals surface area contributed by atoms with Gasteiger partial charge in [-0.1, -0.05) is 24.3 Å². The predicted octanol–water partition coefficient (Wildman–Crippen LogP) is 2.69. The lowest BCUT2D eigenvalue weighted by Crippen LogP contribution is -2.06. The van der Waals surface area contributed by atoms with E-state index in [4.69, 9.17) is 4.74 Å². The van der Waals surface area contributed by atoms with Crippen molar-refractivity contribution in [2.45, 2.75) is 0 Å². The number of fused-ring (bicyclic) bond motifs is 3. The molecule has 84 valence electrons. The molecule has 0 aliphatic carbocycles. The van der Waals surface area contributed by atoms with Gasteiger partial charge in [-0.15, -0.1) is 0 Å². The topological polar surface area (TPSA) is 42.1 Å². The zero-order chi connectivity index (χ0) is 11.8. The summed E-state index contributed by atoms with van der Waals surface area (Å²) in [4.78, 5) is 14.8. The van der Waals surface area contributed by atoms with Gasteiger partial charge in [0.15, 0.2) is 0 Å². The van der Waals surface area contributed by atoms with Crippen LogP contribution in [0.3, 0.4) is 0 Å². The molecule has 0 saturated carbocycles. The van der Waals surface area contributed by atoms with Crippen LogP contribution in [0.2, 0.25) is 0 Å². The number of nitrogens with one attached hydrogen (secondary N) is 1. The molecule has 0 fully saturated rings. The first-order valence-electron chi connectivity index (χ1n) is 5.39. The fourth-order valence-corrected chi connectivity index (χ4v) is 2.17. The fourth-order valence-electron chi connectivity index (χ4n) is 2.17. The second-order valence-corrected chi connectivity index (χ2v) is 3.88. The van der Waals surface area contributed by atoms with Crippen LogP contribution in [0.25, 0.3) is 21.7 Å². The van der Waals surface area contributed by atoms with E-state index < -0.39 is 0 Å². The molecule has 0 bridgehead atoms. The minimum atomic E-state index is -0.0856. The van der Waals surface area contributed by atoms with Gasteiger partial charge in [-0.25, -0.2) is 0 Å². The average Bonchev–Trinajstić information content (AvgIpc) is 2.38. The molecule has 3 aromatic rings. The highest BCUT2D eigenvalue weighted by molar-refractivity contribution is 6.08. The van der Waals surface area contributed by atoms with E-state index in [2.05, 4.69) is 4.98 Å². The molecule has 3 nitrogen and oxygen atoms in total. The minimum Gasteiger partial charge on any atom is -0.496 e. The average molecular weight is 225 g/mol. The molecule has 0 radical (unpaired) electrons. The Kier molecular flexibility index (Phi) is 2.11. The van der Waals surface area contributed by atoms with Crippen LogP contribution in [0.1, 0.15) is 0 Å². The van der Waals surface area contributed by atoms with Crippen LogP contribution in [0.15, 0.2) is 47.3 Å². The molecular weight excluding hydrogens is 214 g/mol. The van der Waals surface area contributed by atoms with E-state index in [0.29, 0.717) is 5.39 Å². The number of para-hydroxylation sites is 1. The number of benzene rings is 2. The molecule has 0 atom stereocenters. The molecule has 0 aliphatic rings. The highest BCUT2D eigenvalue weighted by Crippen LogP contribution is 2.29. The monoisotopic (exact) mass is 225 g/mol. The number of aromatic nitrogens is 1. The third-order valence-electron chi connectivity index (χ3n) is 2.94. The van der Waals surface area contributed by atoms with Gasteiger partial charge in [0.2, 0.25) is 0 Å². The van der Waals surface area contributed by atoms with Gasteiger partial charge >= 0.3 is 0 Å². The van der Waals surface area contributed by atoms with Crippen molar-refractivity contribution in [3.63, 3.8) is 0 Å². The first-order chi connectivity index (χ1) is 8.31. The van der Waals surface area contributed by atoms with Gasteiger partial charge in [-0.05, 0) is 18.2 Å². The van der Waals surface area contributed by atoms with Crippen molar-refractivity contribution >= 4 is 21.7 Å². The quantitative estimate of drug-likeness (QED) is 0.647. The van der Waals surface area contributed by atoms with Crippen LogP contribution in [-0.2, 0) is 0 Å². The SMILES string of the molecule is COc1cccc2c(=O)[nH]c3ccccc3c12. The lowest BCUT2D eigenvalue weighted by Gasteiger charge is -2.07. The van der Waals surface area contributed by atoms with Crippen LogP contribution < -0.4 is 10.3 Å². The summed E-state index contributed by atoms with van der Waals surface area (Å²) in [6.45, 7) is 0. The molecule has 3 rings (SSSR count). The summed E-state index contributed by atoms with van der Waals surface area (Å²) < 4.78 is 5.34. The van der Waals surface area contributed by atoms with E-state index in [-0.39, 0.29) is 5.56 Å². The van der Waals surface area contributed by atoms with E-state index in [1.165, 1.54) is 0 Å². The fraction of sp³-hybridized carbons (Fsp3) is 0.0714. The van der Waals surface area contributed by atoms with Crippen molar-refractivity contribution in [2.75, 3.05) is 7.11 Å². The first kappa shape index (κ1) is 9.90. The number of pyridine rings is 1. The van der Waals surface area contributed by atoms with Gasteiger partial charge < -0.3 is 9.72 Å². The number of hydrogen-bond acceptors (Lipinski definition) is 2. The molecule has 1 aromatic heterocycles. The first-order valence-corrected chi connectivity index (χ1v) is 5.39. The summed E-state index contributed by atoms with van der Waals surface area (Å²) in [5.41, 5.74) is 0.743. The van der Waals surface area contributed by atoms with Crippen molar-refractivity contribution in [3.8, 4) is 5.75 Å². The van der Waals surface area contributed by atoms with E-state index in [9.17, 15) is 4.79 Å². The van der Waals surface area contributed by atoms with Crippen molar-refractivity contribution in [3.05, 3.63) is 52.8 Å². The largest absolute Gasteiger partial charge is 0.496 e. The Morgan fingerprint density at radius 3 is 2.59 bits per heavy atom. The second-order valence-electron chi connectivity index (χ2n) is 3.88. The Morgan fingerprint density at radius 2 is 1.76 bits per heavy atom. The maximum atomic E-state index is 11.9. The number of H-pyrrole nitrogens is 1. The Morgan fingerprint density at radius 1 is 1.00 bits per heavy atom. The Balaban J connectivity index is 2.67. The van der Waals surface area contributed by atoms with E-state index >= 15 is 0 Å². The van der Waals surface area contributed by atoms with Crippen LogP contribution in [0, 0.1) is 0 Å². The van der Waals surface area contributed by atoms with Crippen molar-refractivity contribution in [2.24, 2.45) is 0 Å². The van der Waals surface area contributed by atoms with Crippen molar-refractivity contribution in [1.82, 2.24) is 4.98 Å². The summed E-state index contributed by atoms with van der Waals surface area (Å²) in [6, 6.07) is 13.2. The van der Waals surface area contributed by atoms with Crippen LogP contribution in [-0.4, -0.2) is 12.1 Å². The van der Waals surface area contributed by atoms with Gasteiger partial charge in [-0.2, -0.15) is 0 Å². The van der Waals surface area contributed by atoms with Crippen molar-refractivity contribution in [1.29, 1.82) is 0 Å². The maximum Gasteiger partial charge on any atom is 0.256 e. The van der Waals surface area contributed by atoms with Gasteiger partial charge in [0.1, 0.15) is 5.75 Å². The lowest BCUT2D eigenvalue weighted by molar-refractivity contribution is 0.420. The van der Waals surface area contributed by atoms with Crippen LogP contribution in [0.4, 0.5) is 0 Å². The van der Waals surface area contributed by atoms with Gasteiger partial charge in [0, 0.05) is 16.3 Å². The predicted molar refractivity (Wildman–Crippen MR) is 68.6 cm³/mol. The highest BCUT2D eigenvalue weighted by Gasteiger charge is 2.08. The molecule has 0 aliphatic heterocycles. The summed E-state index contributed by atoms with van der Waals surface area (Å²) in [5.74, 6) is 0.727. The van der Waals surface area contributed by atoms with Gasteiger partial charge in [0.25, 0.3) is 5.56 Å². The van der Waals surface area contributed by atoms with E-state index in [1.807, 2.05) is 42.5 Å². The van der Waals surface area contributed by atoms with Gasteiger partial charge in [0.05, 0.1) is 12.5 Å². The number of methoxy groups -OCH3 is 1. The molecular formula is C14H11NO2. The summed E-state index contributed by atoms with van der Waals surface area (Å²) in [7, 11) is 1.62. The number of ether oxygens (including phenoxy) is 1. The van der Waals surface area contributed by atoms with Crippen LogP contribution in [0.5, 0.6) is 5.75 Å². The summed E-state index contributed by atoms with van der Waals surface area (Å²) in [6.07, 6.45) is 0. The number of hydrogen-bond donors (Lipinski definition) is 1. The molecule has 0 amide bonds. The Bertz CT molecular complexity index is 759. The zero-order valence-electron chi connectivity index (χ0n) is 9.36. The second kappa shape index (κ2) is 3.63. The smallest absolute Gasteiger partial charge is 0.256 e. The molecule has 1 heterocycles. The third kappa shape index (κ3) is 1.40. The molecule has 17 heavy (non-hydrogen) atoms. The lowest BCUT2D eigenvalue weighted by atomic mass is 10.1.